The summed E-state index contributed by atoms with van der Waals surface area (Å²) in [6.07, 6.45) is 3.40. The van der Waals surface area contributed by atoms with Crippen molar-refractivity contribution in [2.24, 2.45) is 0 Å². The zero-order valence-electron chi connectivity index (χ0n) is 11.1. The second kappa shape index (κ2) is 6.56. The number of nitrogens with one attached hydrogen (secondary N) is 1. The highest BCUT2D eigenvalue weighted by molar-refractivity contribution is 5.63. The fourth-order valence-corrected chi connectivity index (χ4v) is 1.90. The van der Waals surface area contributed by atoms with Gasteiger partial charge in [-0.2, -0.15) is 13.9 Å². The van der Waals surface area contributed by atoms with Gasteiger partial charge in [0, 0.05) is 23.9 Å². The molecule has 2 aromatic rings. The highest BCUT2D eigenvalue weighted by Gasteiger charge is 2.12. The van der Waals surface area contributed by atoms with Gasteiger partial charge in [0.05, 0.1) is 6.20 Å². The van der Waals surface area contributed by atoms with Crippen LogP contribution in [0.3, 0.4) is 0 Å². The van der Waals surface area contributed by atoms with Crippen molar-refractivity contribution in [3.05, 3.63) is 42.0 Å². The van der Waals surface area contributed by atoms with E-state index in [-0.39, 0.29) is 5.56 Å². The molecule has 0 radical (unpaired) electrons. The van der Waals surface area contributed by atoms with E-state index >= 15 is 0 Å². The van der Waals surface area contributed by atoms with Gasteiger partial charge in [0.2, 0.25) is 0 Å². The van der Waals surface area contributed by atoms with Crippen molar-refractivity contribution in [1.29, 1.82) is 0 Å². The molecule has 3 nitrogen and oxygen atoms in total. The Hall–Kier alpha value is -1.82. The van der Waals surface area contributed by atoms with Crippen molar-refractivity contribution in [1.82, 2.24) is 15.1 Å². The Labute approximate surface area is 115 Å². The average Bonchev–Trinajstić information content (AvgIpc) is 2.90. The second-order valence-electron chi connectivity index (χ2n) is 4.48. The van der Waals surface area contributed by atoms with Gasteiger partial charge in [-0.25, -0.2) is 9.07 Å². The number of halogens is 3. The van der Waals surface area contributed by atoms with Gasteiger partial charge in [-0.15, -0.1) is 0 Å². The third kappa shape index (κ3) is 3.39. The Morgan fingerprint density at radius 3 is 2.80 bits per heavy atom. The van der Waals surface area contributed by atoms with Gasteiger partial charge < -0.3 is 5.32 Å². The van der Waals surface area contributed by atoms with E-state index in [2.05, 4.69) is 17.3 Å². The van der Waals surface area contributed by atoms with Crippen molar-refractivity contribution in [2.75, 3.05) is 6.54 Å². The molecule has 0 aliphatic rings. The number of benzene rings is 1. The minimum Gasteiger partial charge on any atom is -0.313 e. The van der Waals surface area contributed by atoms with Crippen LogP contribution < -0.4 is 5.32 Å². The van der Waals surface area contributed by atoms with E-state index in [0.717, 1.165) is 24.7 Å². The Morgan fingerprint density at radius 2 is 2.15 bits per heavy atom. The molecular weight excluding hydrogens is 267 g/mol. The summed E-state index contributed by atoms with van der Waals surface area (Å²) in [4.78, 5) is 0. The molecule has 0 spiro atoms. The van der Waals surface area contributed by atoms with E-state index < -0.39 is 12.4 Å². The molecule has 0 unspecified atom stereocenters. The molecule has 1 aromatic carbocycles. The first-order valence-electron chi connectivity index (χ1n) is 6.43. The molecule has 108 valence electrons. The van der Waals surface area contributed by atoms with E-state index in [1.54, 1.807) is 12.1 Å². The Kier molecular flexibility index (Phi) is 4.79. The van der Waals surface area contributed by atoms with E-state index in [4.69, 9.17) is 0 Å². The van der Waals surface area contributed by atoms with Crippen LogP contribution in [0.2, 0.25) is 0 Å². The molecular formula is C14H16F3N3. The Balaban J connectivity index is 2.22. The van der Waals surface area contributed by atoms with Crippen LogP contribution in [-0.4, -0.2) is 16.3 Å². The summed E-state index contributed by atoms with van der Waals surface area (Å²) in [6.45, 7) is 0.823. The zero-order chi connectivity index (χ0) is 14.5. The molecule has 1 heterocycles. The predicted molar refractivity (Wildman–Crippen MR) is 70.9 cm³/mol. The van der Waals surface area contributed by atoms with Crippen LogP contribution >= 0.6 is 0 Å². The average molecular weight is 283 g/mol. The third-order valence-electron chi connectivity index (χ3n) is 2.90. The lowest BCUT2D eigenvalue weighted by Gasteiger charge is -2.06. The van der Waals surface area contributed by atoms with Gasteiger partial charge >= 0.3 is 6.55 Å². The quantitative estimate of drug-likeness (QED) is 0.821. The summed E-state index contributed by atoms with van der Waals surface area (Å²) in [5.41, 5.74) is 1.53. The van der Waals surface area contributed by atoms with Crippen molar-refractivity contribution in [3.8, 4) is 11.1 Å². The summed E-state index contributed by atoms with van der Waals surface area (Å²) < 4.78 is 39.3. The van der Waals surface area contributed by atoms with Crippen LogP contribution in [0.5, 0.6) is 0 Å². The van der Waals surface area contributed by atoms with Gasteiger partial charge in [0.25, 0.3) is 0 Å². The first-order chi connectivity index (χ1) is 9.61. The first-order valence-corrected chi connectivity index (χ1v) is 6.43. The van der Waals surface area contributed by atoms with Crippen molar-refractivity contribution < 1.29 is 13.2 Å². The van der Waals surface area contributed by atoms with Crippen LogP contribution in [0.1, 0.15) is 25.5 Å². The van der Waals surface area contributed by atoms with Crippen LogP contribution in [-0.2, 0) is 6.54 Å². The molecule has 0 bridgehead atoms. The van der Waals surface area contributed by atoms with E-state index in [0.29, 0.717) is 16.8 Å². The topological polar surface area (TPSA) is 29.9 Å². The summed E-state index contributed by atoms with van der Waals surface area (Å²) in [5.74, 6) is -0.446. The van der Waals surface area contributed by atoms with Gasteiger partial charge in [-0.05, 0) is 30.7 Å². The molecule has 0 saturated heterocycles. The predicted octanol–water partition coefficient (Wildman–Crippen LogP) is 3.58. The van der Waals surface area contributed by atoms with Gasteiger partial charge in [-0.1, -0.05) is 13.0 Å². The SMILES string of the molecule is CCCNCc1ccc(F)c(-c2cnn(C(F)F)c2)c1. The lowest BCUT2D eigenvalue weighted by molar-refractivity contribution is 0.0566. The molecule has 20 heavy (non-hydrogen) atoms. The first kappa shape index (κ1) is 14.6. The summed E-state index contributed by atoms with van der Waals surface area (Å²) >= 11 is 0. The van der Waals surface area contributed by atoms with Crippen LogP contribution in [0, 0.1) is 5.82 Å². The zero-order valence-corrected chi connectivity index (χ0v) is 11.1. The van der Waals surface area contributed by atoms with Crippen LogP contribution in [0.25, 0.3) is 11.1 Å². The minimum atomic E-state index is -2.72. The van der Waals surface area contributed by atoms with Crippen molar-refractivity contribution >= 4 is 0 Å². The molecule has 6 heteroatoms. The van der Waals surface area contributed by atoms with E-state index in [9.17, 15) is 13.2 Å². The fraction of sp³-hybridized carbons (Fsp3) is 0.357. The summed E-state index contributed by atoms with van der Waals surface area (Å²) in [6, 6.07) is 4.68. The molecule has 0 aliphatic carbocycles. The maximum absolute atomic E-state index is 13.8. The van der Waals surface area contributed by atoms with Gasteiger partial charge in [0.1, 0.15) is 5.82 Å². The number of aromatic nitrogens is 2. The normalized spacial score (nSPS) is 11.2. The number of alkyl halides is 2. The molecule has 0 fully saturated rings. The lowest BCUT2D eigenvalue weighted by atomic mass is 10.1. The minimum absolute atomic E-state index is 0.285. The molecule has 2 rings (SSSR count). The summed E-state index contributed by atoms with van der Waals surface area (Å²) in [5, 5.41) is 6.73. The molecule has 1 aromatic heterocycles. The number of nitrogens with zero attached hydrogens (tertiary/aromatic N) is 2. The highest BCUT2D eigenvalue weighted by atomic mass is 19.3. The smallest absolute Gasteiger partial charge is 0.313 e. The lowest BCUT2D eigenvalue weighted by Crippen LogP contribution is -2.13. The van der Waals surface area contributed by atoms with Crippen LogP contribution in [0.15, 0.2) is 30.6 Å². The van der Waals surface area contributed by atoms with E-state index in [1.807, 2.05) is 0 Å². The van der Waals surface area contributed by atoms with Gasteiger partial charge in [0.15, 0.2) is 0 Å². The van der Waals surface area contributed by atoms with Crippen LogP contribution in [0.4, 0.5) is 13.2 Å². The largest absolute Gasteiger partial charge is 0.333 e. The van der Waals surface area contributed by atoms with E-state index in [1.165, 1.54) is 12.3 Å². The number of hydrogen-bond donors (Lipinski definition) is 1. The van der Waals surface area contributed by atoms with Crippen molar-refractivity contribution in [3.63, 3.8) is 0 Å². The summed E-state index contributed by atoms with van der Waals surface area (Å²) in [7, 11) is 0. The molecule has 0 saturated carbocycles. The number of hydrogen-bond acceptors (Lipinski definition) is 2. The maximum Gasteiger partial charge on any atom is 0.333 e. The maximum atomic E-state index is 13.8. The van der Waals surface area contributed by atoms with Gasteiger partial charge in [-0.3, -0.25) is 0 Å². The Bertz CT molecular complexity index is 567. The second-order valence-corrected chi connectivity index (χ2v) is 4.48. The third-order valence-corrected chi connectivity index (χ3v) is 2.90. The molecule has 0 amide bonds. The standard InChI is InChI=1S/C14H16F3N3/c1-2-5-18-7-10-3-4-13(15)12(6-10)11-8-19-20(9-11)14(16)17/h3-4,6,8-9,14,18H,2,5,7H2,1H3. The van der Waals surface area contributed by atoms with Crippen molar-refractivity contribution in [2.45, 2.75) is 26.4 Å². The monoisotopic (exact) mass is 283 g/mol. The Morgan fingerprint density at radius 1 is 1.35 bits per heavy atom. The molecule has 1 N–H and O–H groups in total. The molecule has 0 aliphatic heterocycles. The molecule has 0 atom stereocenters. The number of rotatable bonds is 6. The fourth-order valence-electron chi connectivity index (χ4n) is 1.90. The highest BCUT2D eigenvalue weighted by Crippen LogP contribution is 2.25.